The Hall–Kier alpha value is -1.10. The summed E-state index contributed by atoms with van der Waals surface area (Å²) in [5, 5.41) is 0. The second-order valence-electron chi connectivity index (χ2n) is 6.67. The van der Waals surface area contributed by atoms with Crippen LogP contribution in [0.3, 0.4) is 0 Å². The summed E-state index contributed by atoms with van der Waals surface area (Å²) >= 11 is 3.44. The molecule has 5 heteroatoms. The molecule has 3 aliphatic rings. The van der Waals surface area contributed by atoms with Gasteiger partial charge < -0.3 is 0 Å². The van der Waals surface area contributed by atoms with Crippen LogP contribution >= 0.6 is 16.1 Å². The minimum Gasteiger partial charge on any atom is -0.278 e. The quantitative estimate of drug-likeness (QED) is 0.683. The highest BCUT2D eigenvalue weighted by molar-refractivity contribution is 9.07. The monoisotopic (exact) mass is 336 g/mol. The lowest BCUT2D eigenvalue weighted by Crippen LogP contribution is -2.59. The molecule has 4 nitrogen and oxygen atoms in total. The number of halogens is 1. The first-order chi connectivity index (χ1) is 9.49. The van der Waals surface area contributed by atoms with Gasteiger partial charge in [0, 0.05) is 6.07 Å². The van der Waals surface area contributed by atoms with Crippen molar-refractivity contribution in [2.24, 2.45) is 5.41 Å². The lowest BCUT2D eigenvalue weighted by atomic mass is 9.60. The van der Waals surface area contributed by atoms with Crippen molar-refractivity contribution in [1.29, 1.82) is 0 Å². The predicted molar refractivity (Wildman–Crippen MR) is 78.6 cm³/mol. The van der Waals surface area contributed by atoms with Crippen molar-refractivity contribution >= 4 is 22.1 Å². The summed E-state index contributed by atoms with van der Waals surface area (Å²) in [4.78, 5) is 24.8. The Labute approximate surface area is 126 Å². The molecule has 2 spiro atoms. The Kier molecular flexibility index (Phi) is 2.37. The zero-order valence-electron chi connectivity index (χ0n) is 11.5. The van der Waals surface area contributed by atoms with Crippen molar-refractivity contribution < 1.29 is 4.79 Å². The number of pyridine rings is 1. The summed E-state index contributed by atoms with van der Waals surface area (Å²) in [7, 11) is 0. The van der Waals surface area contributed by atoms with Gasteiger partial charge in [0.1, 0.15) is 11.4 Å². The molecule has 0 bridgehead atoms. The van der Waals surface area contributed by atoms with Gasteiger partial charge in [-0.3, -0.25) is 14.2 Å². The van der Waals surface area contributed by atoms with E-state index in [0.717, 1.165) is 18.4 Å². The van der Waals surface area contributed by atoms with Gasteiger partial charge in [0.05, 0.1) is 16.1 Å². The van der Waals surface area contributed by atoms with Gasteiger partial charge in [-0.25, -0.2) is 3.93 Å². The topological polar surface area (TPSA) is 42.3 Å². The van der Waals surface area contributed by atoms with Crippen LogP contribution in [0.25, 0.3) is 0 Å². The number of hydrogen-bond acceptors (Lipinski definition) is 2. The van der Waals surface area contributed by atoms with Crippen LogP contribution in [-0.4, -0.2) is 14.4 Å². The minimum atomic E-state index is -0.458. The van der Waals surface area contributed by atoms with E-state index in [1.54, 1.807) is 20.6 Å². The maximum Gasteiger partial charge on any atom is 0.282 e. The van der Waals surface area contributed by atoms with Gasteiger partial charge in [0.25, 0.3) is 11.5 Å². The number of nitrogens with zero attached hydrogens (tertiary/aromatic N) is 2. The van der Waals surface area contributed by atoms with Crippen LogP contribution in [0.15, 0.2) is 16.9 Å². The number of carbonyl (C=O) groups is 1. The predicted octanol–water partition coefficient (Wildman–Crippen LogP) is 2.93. The zero-order chi connectivity index (χ0) is 14.1. The molecule has 2 heterocycles. The summed E-state index contributed by atoms with van der Waals surface area (Å²) in [6.07, 6.45) is 6.85. The molecule has 0 aromatic carbocycles. The van der Waals surface area contributed by atoms with Gasteiger partial charge in [0.15, 0.2) is 0 Å². The Morgan fingerprint density at radius 3 is 2.45 bits per heavy atom. The van der Waals surface area contributed by atoms with Crippen LogP contribution in [0.1, 0.15) is 54.6 Å². The van der Waals surface area contributed by atoms with E-state index in [1.165, 1.54) is 25.7 Å². The third kappa shape index (κ3) is 1.32. The number of rotatable bonds is 0. The van der Waals surface area contributed by atoms with Crippen molar-refractivity contribution in [3.8, 4) is 0 Å². The van der Waals surface area contributed by atoms with E-state index in [1.807, 2.05) is 6.92 Å². The number of aromatic nitrogens is 1. The summed E-state index contributed by atoms with van der Waals surface area (Å²) in [6, 6.07) is 3.33. The lowest BCUT2D eigenvalue weighted by molar-refractivity contribution is -0.0710. The number of fused-ring (bicyclic) bond motifs is 2. The van der Waals surface area contributed by atoms with Crippen LogP contribution < -0.4 is 5.56 Å². The average Bonchev–Trinajstić information content (AvgIpc) is 2.94. The fraction of sp³-hybridized carbons (Fsp3) is 0.600. The SMILES string of the molecule is Cc1ccc(=O)n2c1C(=O)N(Br)C21CC2(CCCC2)C1. The summed E-state index contributed by atoms with van der Waals surface area (Å²) in [5.41, 5.74) is 1.27. The molecule has 0 N–H and O–H groups in total. The van der Waals surface area contributed by atoms with Crippen molar-refractivity contribution in [2.75, 3.05) is 0 Å². The molecule has 4 rings (SSSR count). The first kappa shape index (κ1) is 12.6. The third-order valence-corrected chi connectivity index (χ3v) is 6.42. The Balaban J connectivity index is 1.87. The van der Waals surface area contributed by atoms with Crippen molar-refractivity contribution in [2.45, 2.75) is 51.1 Å². The Bertz CT molecular complexity index is 665. The number of aryl methyl sites for hydroxylation is 1. The Morgan fingerprint density at radius 2 is 1.80 bits per heavy atom. The average molecular weight is 337 g/mol. The van der Waals surface area contributed by atoms with Crippen LogP contribution in [0, 0.1) is 12.3 Å². The van der Waals surface area contributed by atoms with Gasteiger partial charge in [-0.1, -0.05) is 18.9 Å². The number of hydrogen-bond donors (Lipinski definition) is 0. The van der Waals surface area contributed by atoms with E-state index < -0.39 is 5.66 Å². The van der Waals surface area contributed by atoms with E-state index in [0.29, 0.717) is 11.1 Å². The second kappa shape index (κ2) is 3.75. The summed E-state index contributed by atoms with van der Waals surface area (Å²) in [6.45, 7) is 1.90. The molecule has 0 unspecified atom stereocenters. The molecule has 1 aliphatic heterocycles. The molecule has 1 amide bonds. The highest BCUT2D eigenvalue weighted by Gasteiger charge is 2.64. The van der Waals surface area contributed by atoms with E-state index in [4.69, 9.17) is 0 Å². The standard InChI is InChI=1S/C15H17BrN2O2/c1-10-4-5-11(19)17-12(10)13(20)18(16)15(17)8-14(9-15)6-2-3-7-14/h4-5H,2-3,6-9H2,1H3. The smallest absolute Gasteiger partial charge is 0.278 e. The lowest BCUT2D eigenvalue weighted by Gasteiger charge is -2.55. The van der Waals surface area contributed by atoms with Gasteiger partial charge in [-0.05, 0) is 43.6 Å². The van der Waals surface area contributed by atoms with Gasteiger partial charge in [-0.15, -0.1) is 0 Å². The molecule has 106 valence electrons. The van der Waals surface area contributed by atoms with Crippen molar-refractivity contribution in [1.82, 2.24) is 8.49 Å². The largest absolute Gasteiger partial charge is 0.282 e. The molecular formula is C15H17BrN2O2. The molecule has 1 aromatic rings. The molecule has 0 saturated heterocycles. The maximum absolute atomic E-state index is 12.5. The molecule has 2 fully saturated rings. The maximum atomic E-state index is 12.5. The van der Waals surface area contributed by atoms with Crippen LogP contribution in [0.4, 0.5) is 0 Å². The highest BCUT2D eigenvalue weighted by Crippen LogP contribution is 2.64. The van der Waals surface area contributed by atoms with Crippen LogP contribution in [-0.2, 0) is 5.66 Å². The van der Waals surface area contributed by atoms with Crippen molar-refractivity contribution in [3.05, 3.63) is 33.7 Å². The minimum absolute atomic E-state index is 0.0613. The summed E-state index contributed by atoms with van der Waals surface area (Å²) in [5.74, 6) is -0.0759. The van der Waals surface area contributed by atoms with Gasteiger partial charge in [0.2, 0.25) is 0 Å². The van der Waals surface area contributed by atoms with Crippen LogP contribution in [0.2, 0.25) is 0 Å². The highest BCUT2D eigenvalue weighted by atomic mass is 79.9. The van der Waals surface area contributed by atoms with E-state index in [9.17, 15) is 9.59 Å². The molecule has 2 aliphatic carbocycles. The van der Waals surface area contributed by atoms with E-state index in [2.05, 4.69) is 16.1 Å². The second-order valence-corrected chi connectivity index (χ2v) is 7.38. The molecule has 1 aromatic heterocycles. The number of carbonyl (C=O) groups excluding carboxylic acids is 1. The van der Waals surface area contributed by atoms with Gasteiger partial charge in [-0.2, -0.15) is 0 Å². The third-order valence-electron chi connectivity index (χ3n) is 5.44. The molecule has 0 radical (unpaired) electrons. The van der Waals surface area contributed by atoms with Crippen LogP contribution in [0.5, 0.6) is 0 Å². The molecule has 2 saturated carbocycles. The normalized spacial score (nSPS) is 25.3. The molecule has 0 atom stereocenters. The zero-order valence-corrected chi connectivity index (χ0v) is 13.1. The first-order valence-electron chi connectivity index (χ1n) is 7.23. The Morgan fingerprint density at radius 1 is 1.15 bits per heavy atom. The fourth-order valence-electron chi connectivity index (χ4n) is 4.61. The molecular weight excluding hydrogens is 320 g/mol. The van der Waals surface area contributed by atoms with E-state index in [-0.39, 0.29) is 11.5 Å². The van der Waals surface area contributed by atoms with Crippen molar-refractivity contribution in [3.63, 3.8) is 0 Å². The van der Waals surface area contributed by atoms with Gasteiger partial charge >= 0.3 is 0 Å². The number of amides is 1. The summed E-state index contributed by atoms with van der Waals surface area (Å²) < 4.78 is 3.37. The molecule has 20 heavy (non-hydrogen) atoms. The first-order valence-corrected chi connectivity index (χ1v) is 7.94. The fourth-order valence-corrected chi connectivity index (χ4v) is 5.19. The van der Waals surface area contributed by atoms with E-state index >= 15 is 0 Å².